The fourth-order valence-corrected chi connectivity index (χ4v) is 6.58. The zero-order chi connectivity index (χ0) is 29.8. The first kappa shape index (κ1) is 29.9. The molecule has 2 aromatic carbocycles. The van der Waals surface area contributed by atoms with Crippen LogP contribution in [0.25, 0.3) is 0 Å². The normalized spacial score (nSPS) is 22.9. The molecule has 0 spiro atoms. The van der Waals surface area contributed by atoms with Crippen LogP contribution in [0.1, 0.15) is 48.3 Å². The van der Waals surface area contributed by atoms with Gasteiger partial charge in [-0.3, -0.25) is 9.59 Å². The first-order valence-electron chi connectivity index (χ1n) is 14.6. The number of benzene rings is 2. The SMILES string of the molecule is COc1ccccc1CCN(C(=O)C1CCCC1)C1C=C(C(=O)NCCO)C2c3cc(CO)cc(OC)c3OC2C1O. The Bertz CT molecular complexity index is 1320. The molecule has 3 aliphatic rings. The predicted molar refractivity (Wildman–Crippen MR) is 154 cm³/mol. The zero-order valence-electron chi connectivity index (χ0n) is 24.1. The van der Waals surface area contributed by atoms with E-state index in [4.69, 9.17) is 14.2 Å². The largest absolute Gasteiger partial charge is 0.496 e. The molecule has 0 bridgehead atoms. The summed E-state index contributed by atoms with van der Waals surface area (Å²) in [5.74, 6) is 0.221. The average Bonchev–Trinajstić information content (AvgIpc) is 3.69. The highest BCUT2D eigenvalue weighted by molar-refractivity contribution is 5.96. The summed E-state index contributed by atoms with van der Waals surface area (Å²) in [6.45, 7) is -0.122. The number of hydrogen-bond acceptors (Lipinski definition) is 8. The molecule has 42 heavy (non-hydrogen) atoms. The third kappa shape index (κ3) is 5.71. The van der Waals surface area contributed by atoms with Crippen molar-refractivity contribution in [2.75, 3.05) is 33.9 Å². The Balaban J connectivity index is 1.56. The van der Waals surface area contributed by atoms with Crippen LogP contribution in [0.5, 0.6) is 17.2 Å². The van der Waals surface area contributed by atoms with Crippen LogP contribution in [0, 0.1) is 5.92 Å². The lowest BCUT2D eigenvalue weighted by Gasteiger charge is -2.41. The molecule has 226 valence electrons. The van der Waals surface area contributed by atoms with Gasteiger partial charge in [0.2, 0.25) is 11.8 Å². The first-order valence-corrected chi connectivity index (χ1v) is 14.6. The van der Waals surface area contributed by atoms with E-state index < -0.39 is 30.1 Å². The Morgan fingerprint density at radius 1 is 1.07 bits per heavy atom. The van der Waals surface area contributed by atoms with Gasteiger partial charge < -0.3 is 39.7 Å². The molecule has 4 unspecified atom stereocenters. The van der Waals surface area contributed by atoms with Crippen molar-refractivity contribution in [1.29, 1.82) is 0 Å². The second-order valence-electron chi connectivity index (χ2n) is 11.1. The molecule has 2 amide bonds. The summed E-state index contributed by atoms with van der Waals surface area (Å²) < 4.78 is 17.4. The Morgan fingerprint density at radius 2 is 1.81 bits per heavy atom. The van der Waals surface area contributed by atoms with Gasteiger partial charge in [-0.15, -0.1) is 0 Å². The molecule has 10 heteroatoms. The van der Waals surface area contributed by atoms with Gasteiger partial charge in [-0.05, 0) is 54.7 Å². The van der Waals surface area contributed by atoms with Gasteiger partial charge in [-0.2, -0.15) is 0 Å². The molecule has 10 nitrogen and oxygen atoms in total. The van der Waals surface area contributed by atoms with E-state index in [1.54, 1.807) is 30.2 Å². The number of carbonyl (C=O) groups excluding carboxylic acids is 2. The molecule has 2 aromatic rings. The maximum atomic E-state index is 14.0. The number of aliphatic hydroxyl groups is 3. The minimum Gasteiger partial charge on any atom is -0.496 e. The smallest absolute Gasteiger partial charge is 0.247 e. The van der Waals surface area contributed by atoms with Crippen molar-refractivity contribution in [1.82, 2.24) is 10.2 Å². The number of nitrogens with one attached hydrogen (secondary N) is 1. The molecule has 0 aromatic heterocycles. The number of hydrogen-bond donors (Lipinski definition) is 4. The number of fused-ring (bicyclic) bond motifs is 3. The molecule has 0 radical (unpaired) electrons. The molecule has 1 fully saturated rings. The van der Waals surface area contributed by atoms with Crippen LogP contribution in [-0.4, -0.2) is 84.2 Å². The zero-order valence-corrected chi connectivity index (χ0v) is 24.1. The van der Waals surface area contributed by atoms with Gasteiger partial charge in [0, 0.05) is 30.1 Å². The molecular formula is C32H40N2O8. The Hall–Kier alpha value is -3.60. The second-order valence-corrected chi connectivity index (χ2v) is 11.1. The first-order chi connectivity index (χ1) is 20.4. The van der Waals surface area contributed by atoms with E-state index >= 15 is 0 Å². The Morgan fingerprint density at radius 3 is 2.50 bits per heavy atom. The maximum Gasteiger partial charge on any atom is 0.247 e. The lowest BCUT2D eigenvalue weighted by molar-refractivity contribution is -0.141. The van der Waals surface area contributed by atoms with E-state index in [9.17, 15) is 24.9 Å². The van der Waals surface area contributed by atoms with Gasteiger partial charge in [0.05, 0.1) is 39.4 Å². The summed E-state index contributed by atoms with van der Waals surface area (Å²) in [6, 6.07) is 10.2. The molecule has 1 heterocycles. The number of para-hydroxylation sites is 1. The fourth-order valence-electron chi connectivity index (χ4n) is 6.58. The van der Waals surface area contributed by atoms with E-state index in [0.29, 0.717) is 41.2 Å². The number of ether oxygens (including phenoxy) is 3. The topological polar surface area (TPSA) is 138 Å². The molecule has 1 aliphatic heterocycles. The lowest BCUT2D eigenvalue weighted by atomic mass is 9.77. The molecular weight excluding hydrogens is 540 g/mol. The maximum absolute atomic E-state index is 14.0. The number of nitrogens with zero attached hydrogens (tertiary/aromatic N) is 1. The van der Waals surface area contributed by atoms with E-state index in [1.165, 1.54) is 7.11 Å². The summed E-state index contributed by atoms with van der Waals surface area (Å²) in [6.07, 6.45) is 3.68. The number of amides is 2. The van der Waals surface area contributed by atoms with Crippen LogP contribution in [0.2, 0.25) is 0 Å². The number of methoxy groups -OCH3 is 2. The van der Waals surface area contributed by atoms with E-state index in [2.05, 4.69) is 5.32 Å². The highest BCUT2D eigenvalue weighted by Crippen LogP contribution is 2.51. The summed E-state index contributed by atoms with van der Waals surface area (Å²) in [4.78, 5) is 29.3. The number of rotatable bonds is 11. The minimum atomic E-state index is -1.15. The van der Waals surface area contributed by atoms with Crippen molar-refractivity contribution < 1.29 is 39.1 Å². The van der Waals surface area contributed by atoms with Crippen LogP contribution in [-0.2, 0) is 22.6 Å². The summed E-state index contributed by atoms with van der Waals surface area (Å²) in [5.41, 5.74) is 2.47. The molecule has 0 saturated heterocycles. The fraction of sp³-hybridized carbons (Fsp3) is 0.500. The van der Waals surface area contributed by atoms with Gasteiger partial charge in [0.25, 0.3) is 0 Å². The van der Waals surface area contributed by atoms with Crippen LogP contribution in [0.15, 0.2) is 48.0 Å². The van der Waals surface area contributed by atoms with Gasteiger partial charge >= 0.3 is 0 Å². The third-order valence-corrected chi connectivity index (χ3v) is 8.66. The summed E-state index contributed by atoms with van der Waals surface area (Å²) >= 11 is 0. The monoisotopic (exact) mass is 580 g/mol. The van der Waals surface area contributed by atoms with Crippen molar-refractivity contribution >= 4 is 11.8 Å². The Labute approximate surface area is 245 Å². The van der Waals surface area contributed by atoms with Crippen molar-refractivity contribution in [3.05, 3.63) is 64.7 Å². The van der Waals surface area contributed by atoms with Crippen LogP contribution in [0.3, 0.4) is 0 Å². The van der Waals surface area contributed by atoms with E-state index in [0.717, 1.165) is 37.0 Å². The molecule has 5 rings (SSSR count). The number of aliphatic hydroxyl groups excluding tert-OH is 3. The van der Waals surface area contributed by atoms with Gasteiger partial charge in [0.15, 0.2) is 11.5 Å². The standard InChI is InChI=1S/C32H40N2O8/c1-40-25-10-6-5-7-20(25)11-13-34(32(39)21-8-3-4-9-21)24-17-23(31(38)33-12-14-35)27-22-15-19(18-36)16-26(41-2)29(22)42-30(27)28(24)37/h5-7,10,15-17,21,24,27-28,30,35-37H,3-4,8-9,11-14,18H2,1-2H3,(H,33,38). The van der Waals surface area contributed by atoms with Gasteiger partial charge in [-0.1, -0.05) is 31.0 Å². The van der Waals surface area contributed by atoms with Crippen molar-refractivity contribution in [3.63, 3.8) is 0 Å². The summed E-state index contributed by atoms with van der Waals surface area (Å²) in [5, 5.41) is 33.9. The number of carbonyl (C=O) groups is 2. The lowest BCUT2D eigenvalue weighted by Crippen LogP contribution is -2.57. The summed E-state index contributed by atoms with van der Waals surface area (Å²) in [7, 11) is 3.10. The van der Waals surface area contributed by atoms with E-state index in [1.807, 2.05) is 24.3 Å². The van der Waals surface area contributed by atoms with Crippen LogP contribution in [0.4, 0.5) is 0 Å². The second kappa shape index (κ2) is 13.1. The predicted octanol–water partition coefficient (Wildman–Crippen LogP) is 2.08. The van der Waals surface area contributed by atoms with Crippen LogP contribution >= 0.6 is 0 Å². The Kier molecular flexibility index (Phi) is 9.35. The minimum absolute atomic E-state index is 0.0486. The van der Waals surface area contributed by atoms with Crippen molar-refractivity contribution in [3.8, 4) is 17.2 Å². The van der Waals surface area contributed by atoms with Crippen LogP contribution < -0.4 is 19.5 Å². The van der Waals surface area contributed by atoms with Crippen molar-refractivity contribution in [2.24, 2.45) is 5.92 Å². The average molecular weight is 581 g/mol. The highest BCUT2D eigenvalue weighted by atomic mass is 16.5. The molecule has 1 saturated carbocycles. The molecule has 4 atom stereocenters. The quantitative estimate of drug-likeness (QED) is 0.317. The molecule has 2 aliphatic carbocycles. The molecule has 4 N–H and O–H groups in total. The third-order valence-electron chi connectivity index (χ3n) is 8.66. The van der Waals surface area contributed by atoms with E-state index in [-0.39, 0.29) is 31.6 Å². The van der Waals surface area contributed by atoms with Gasteiger partial charge in [0.1, 0.15) is 18.0 Å². The van der Waals surface area contributed by atoms with Crippen molar-refractivity contribution in [2.45, 2.75) is 62.9 Å². The highest BCUT2D eigenvalue weighted by Gasteiger charge is 2.51. The van der Waals surface area contributed by atoms with Gasteiger partial charge in [-0.25, -0.2) is 0 Å².